The number of ether oxygens (including phenoxy) is 1. The standard InChI is InChI=1S/C17H24N2O3/c20-16-5-2-8-19(12-16)17(21)13-3-1-4-15(11-13)18-14-6-9-22-10-7-14/h1,3-4,11,14,16,18,20H,2,5-10,12H2. The molecule has 1 aromatic carbocycles. The fourth-order valence-corrected chi connectivity index (χ4v) is 3.14. The Morgan fingerprint density at radius 1 is 1.27 bits per heavy atom. The number of nitrogens with one attached hydrogen (secondary N) is 1. The SMILES string of the molecule is O=C(c1cccc(NC2CCOCC2)c1)N1CCCC(O)C1. The van der Waals surface area contributed by atoms with Gasteiger partial charge in [-0.2, -0.15) is 0 Å². The number of nitrogens with zero attached hydrogens (tertiary/aromatic N) is 1. The van der Waals surface area contributed by atoms with E-state index in [0.29, 0.717) is 18.2 Å². The highest BCUT2D eigenvalue weighted by Crippen LogP contribution is 2.19. The third-order valence-corrected chi connectivity index (χ3v) is 4.39. The summed E-state index contributed by atoms with van der Waals surface area (Å²) in [6, 6.07) is 8.08. The average Bonchev–Trinajstić information content (AvgIpc) is 2.55. The van der Waals surface area contributed by atoms with Gasteiger partial charge in [0, 0.05) is 43.6 Å². The molecule has 0 bridgehead atoms. The van der Waals surface area contributed by atoms with Crippen molar-refractivity contribution in [2.24, 2.45) is 0 Å². The first-order valence-corrected chi connectivity index (χ1v) is 8.14. The number of carbonyl (C=O) groups excluding carboxylic acids is 1. The molecule has 1 atom stereocenters. The number of amides is 1. The van der Waals surface area contributed by atoms with Gasteiger partial charge < -0.3 is 20.1 Å². The molecule has 0 aromatic heterocycles. The summed E-state index contributed by atoms with van der Waals surface area (Å²) >= 11 is 0. The summed E-state index contributed by atoms with van der Waals surface area (Å²) in [7, 11) is 0. The Kier molecular flexibility index (Phi) is 4.95. The van der Waals surface area contributed by atoms with Crippen molar-refractivity contribution in [2.45, 2.75) is 37.8 Å². The van der Waals surface area contributed by atoms with Crippen molar-refractivity contribution in [3.8, 4) is 0 Å². The van der Waals surface area contributed by atoms with Crippen LogP contribution in [0.3, 0.4) is 0 Å². The molecule has 2 aliphatic heterocycles. The van der Waals surface area contributed by atoms with Crippen LogP contribution in [0.25, 0.3) is 0 Å². The normalized spacial score (nSPS) is 23.3. The number of likely N-dealkylation sites (tertiary alicyclic amines) is 1. The summed E-state index contributed by atoms with van der Waals surface area (Å²) in [4.78, 5) is 14.3. The maximum Gasteiger partial charge on any atom is 0.254 e. The molecule has 120 valence electrons. The number of piperidine rings is 1. The van der Waals surface area contributed by atoms with Gasteiger partial charge in [-0.3, -0.25) is 4.79 Å². The van der Waals surface area contributed by atoms with Gasteiger partial charge in [-0.05, 0) is 43.9 Å². The molecule has 22 heavy (non-hydrogen) atoms. The van der Waals surface area contributed by atoms with Gasteiger partial charge in [0.2, 0.25) is 0 Å². The molecule has 5 heteroatoms. The molecule has 2 aliphatic rings. The molecule has 2 saturated heterocycles. The molecule has 3 rings (SSSR count). The van der Waals surface area contributed by atoms with E-state index in [-0.39, 0.29) is 12.0 Å². The van der Waals surface area contributed by atoms with E-state index in [1.54, 1.807) is 4.90 Å². The molecule has 0 aliphatic carbocycles. The van der Waals surface area contributed by atoms with Crippen LogP contribution < -0.4 is 5.32 Å². The quantitative estimate of drug-likeness (QED) is 0.895. The zero-order valence-corrected chi connectivity index (χ0v) is 12.8. The number of anilines is 1. The summed E-state index contributed by atoms with van der Waals surface area (Å²) in [5.41, 5.74) is 1.67. The lowest BCUT2D eigenvalue weighted by molar-refractivity contribution is 0.0474. The molecule has 0 radical (unpaired) electrons. The summed E-state index contributed by atoms with van der Waals surface area (Å²) in [6.45, 7) is 2.76. The van der Waals surface area contributed by atoms with Gasteiger partial charge in [0.05, 0.1) is 6.10 Å². The zero-order chi connectivity index (χ0) is 15.4. The lowest BCUT2D eigenvalue weighted by atomic mass is 10.1. The largest absolute Gasteiger partial charge is 0.391 e. The molecule has 1 aromatic rings. The first kappa shape index (κ1) is 15.3. The number of hydrogen-bond donors (Lipinski definition) is 2. The predicted molar refractivity (Wildman–Crippen MR) is 85.1 cm³/mol. The molecular weight excluding hydrogens is 280 g/mol. The highest BCUT2D eigenvalue weighted by Gasteiger charge is 2.23. The number of carbonyl (C=O) groups is 1. The van der Waals surface area contributed by atoms with Gasteiger partial charge in [0.15, 0.2) is 0 Å². The van der Waals surface area contributed by atoms with E-state index in [2.05, 4.69) is 5.32 Å². The molecule has 1 unspecified atom stereocenters. The number of β-amino-alcohol motifs (C(OH)–C–C–N with tert-alkyl or cyclic N) is 1. The van der Waals surface area contributed by atoms with Gasteiger partial charge in [-0.25, -0.2) is 0 Å². The summed E-state index contributed by atoms with van der Waals surface area (Å²) < 4.78 is 5.36. The van der Waals surface area contributed by atoms with E-state index in [0.717, 1.165) is 51.1 Å². The van der Waals surface area contributed by atoms with Crippen LogP contribution in [0, 0.1) is 0 Å². The Morgan fingerprint density at radius 2 is 2.09 bits per heavy atom. The maximum absolute atomic E-state index is 12.6. The molecule has 5 nitrogen and oxygen atoms in total. The molecule has 0 spiro atoms. The molecule has 0 saturated carbocycles. The average molecular weight is 304 g/mol. The molecule has 2 heterocycles. The van der Waals surface area contributed by atoms with Crippen molar-refractivity contribution in [1.82, 2.24) is 4.90 Å². The van der Waals surface area contributed by atoms with Gasteiger partial charge in [-0.15, -0.1) is 0 Å². The Morgan fingerprint density at radius 3 is 2.86 bits per heavy atom. The van der Waals surface area contributed by atoms with E-state index in [1.165, 1.54) is 0 Å². The minimum atomic E-state index is -0.388. The van der Waals surface area contributed by atoms with Crippen LogP contribution in [0.1, 0.15) is 36.0 Å². The van der Waals surface area contributed by atoms with Crippen molar-refractivity contribution in [3.05, 3.63) is 29.8 Å². The Hall–Kier alpha value is -1.59. The fraction of sp³-hybridized carbons (Fsp3) is 0.588. The molecule has 1 amide bonds. The smallest absolute Gasteiger partial charge is 0.254 e. The second kappa shape index (κ2) is 7.11. The Balaban J connectivity index is 1.66. The van der Waals surface area contributed by atoms with Crippen LogP contribution in [0.15, 0.2) is 24.3 Å². The topological polar surface area (TPSA) is 61.8 Å². The fourth-order valence-electron chi connectivity index (χ4n) is 3.14. The molecule has 2 N–H and O–H groups in total. The number of hydrogen-bond acceptors (Lipinski definition) is 4. The maximum atomic E-state index is 12.6. The van der Waals surface area contributed by atoms with Crippen molar-refractivity contribution in [2.75, 3.05) is 31.6 Å². The van der Waals surface area contributed by atoms with Crippen LogP contribution in [-0.2, 0) is 4.74 Å². The lowest BCUT2D eigenvalue weighted by Crippen LogP contribution is -2.42. The summed E-state index contributed by atoms with van der Waals surface area (Å²) in [5.74, 6) is 0.00868. The second-order valence-electron chi connectivity index (χ2n) is 6.16. The van der Waals surface area contributed by atoms with Gasteiger partial charge in [-0.1, -0.05) is 6.07 Å². The Bertz CT molecular complexity index is 514. The van der Waals surface area contributed by atoms with Crippen molar-refractivity contribution < 1.29 is 14.6 Å². The van der Waals surface area contributed by atoms with Crippen molar-refractivity contribution >= 4 is 11.6 Å². The zero-order valence-electron chi connectivity index (χ0n) is 12.8. The number of rotatable bonds is 3. The van der Waals surface area contributed by atoms with E-state index >= 15 is 0 Å². The number of aliphatic hydroxyl groups excluding tert-OH is 1. The van der Waals surface area contributed by atoms with Crippen LogP contribution in [-0.4, -0.2) is 54.4 Å². The van der Waals surface area contributed by atoms with Crippen LogP contribution in [0.4, 0.5) is 5.69 Å². The minimum Gasteiger partial charge on any atom is -0.391 e. The molecule has 2 fully saturated rings. The van der Waals surface area contributed by atoms with Crippen molar-refractivity contribution in [1.29, 1.82) is 0 Å². The molecular formula is C17H24N2O3. The van der Waals surface area contributed by atoms with E-state index in [1.807, 2.05) is 24.3 Å². The van der Waals surface area contributed by atoms with Crippen LogP contribution >= 0.6 is 0 Å². The number of aliphatic hydroxyl groups is 1. The third-order valence-electron chi connectivity index (χ3n) is 4.39. The summed E-state index contributed by atoms with van der Waals surface area (Å²) in [6.07, 6.45) is 3.26. The van der Waals surface area contributed by atoms with Crippen molar-refractivity contribution in [3.63, 3.8) is 0 Å². The summed E-state index contributed by atoms with van der Waals surface area (Å²) in [5, 5.41) is 13.2. The van der Waals surface area contributed by atoms with Crippen LogP contribution in [0.5, 0.6) is 0 Å². The van der Waals surface area contributed by atoms with Gasteiger partial charge >= 0.3 is 0 Å². The monoisotopic (exact) mass is 304 g/mol. The van der Waals surface area contributed by atoms with E-state index in [4.69, 9.17) is 4.74 Å². The van der Waals surface area contributed by atoms with Gasteiger partial charge in [0.1, 0.15) is 0 Å². The Labute approximate surface area is 131 Å². The van der Waals surface area contributed by atoms with Gasteiger partial charge in [0.25, 0.3) is 5.91 Å². The predicted octanol–water partition coefficient (Wildman–Crippen LogP) is 1.87. The van der Waals surface area contributed by atoms with E-state index in [9.17, 15) is 9.90 Å². The highest BCUT2D eigenvalue weighted by molar-refractivity contribution is 5.95. The third kappa shape index (κ3) is 3.78. The highest BCUT2D eigenvalue weighted by atomic mass is 16.5. The number of benzene rings is 1. The first-order chi connectivity index (χ1) is 10.7. The van der Waals surface area contributed by atoms with Crippen LogP contribution in [0.2, 0.25) is 0 Å². The minimum absolute atomic E-state index is 0.00868. The first-order valence-electron chi connectivity index (χ1n) is 8.14. The van der Waals surface area contributed by atoms with E-state index < -0.39 is 0 Å². The lowest BCUT2D eigenvalue weighted by Gasteiger charge is -2.30. The second-order valence-corrected chi connectivity index (χ2v) is 6.16.